The van der Waals surface area contributed by atoms with Crippen molar-refractivity contribution in [3.63, 3.8) is 0 Å². The van der Waals surface area contributed by atoms with Gasteiger partial charge in [0, 0.05) is 11.3 Å². The number of phenolic OH excluding ortho intramolecular Hbond substituents is 1. The van der Waals surface area contributed by atoms with Gasteiger partial charge in [0.1, 0.15) is 11.6 Å². The van der Waals surface area contributed by atoms with E-state index in [9.17, 15) is 5.11 Å². The minimum atomic E-state index is 0.166. The Kier molecular flexibility index (Phi) is 6.01. The van der Waals surface area contributed by atoms with Crippen LogP contribution in [0.1, 0.15) is 12.0 Å². The fourth-order valence-corrected chi connectivity index (χ4v) is 2.87. The Morgan fingerprint density at radius 3 is 2.57 bits per heavy atom. The van der Waals surface area contributed by atoms with E-state index in [4.69, 9.17) is 23.4 Å². The van der Waals surface area contributed by atoms with Gasteiger partial charge in [0.2, 0.25) is 0 Å². The van der Waals surface area contributed by atoms with Crippen molar-refractivity contribution in [2.24, 2.45) is 5.73 Å². The number of thioether (sulfide) groups is 1. The average molecular weight is 345 g/mol. The van der Waals surface area contributed by atoms with Crippen molar-refractivity contribution in [3.05, 3.63) is 54.1 Å². The van der Waals surface area contributed by atoms with E-state index < -0.39 is 0 Å². The van der Waals surface area contributed by atoms with Gasteiger partial charge in [-0.05, 0) is 60.8 Å². The number of phenols is 1. The molecule has 0 amide bonds. The second-order valence-corrected chi connectivity index (χ2v) is 6.29. The molecule has 0 aliphatic rings. The van der Waals surface area contributed by atoms with Crippen LogP contribution in [0.5, 0.6) is 5.75 Å². The van der Waals surface area contributed by atoms with Gasteiger partial charge >= 0.3 is 0 Å². The van der Waals surface area contributed by atoms with Crippen molar-refractivity contribution in [1.29, 1.82) is 5.41 Å². The highest BCUT2D eigenvalue weighted by atomic mass is 32.2. The molecule has 2 rings (SSSR count). The summed E-state index contributed by atoms with van der Waals surface area (Å²) in [5.41, 5.74) is 7.68. The number of hydrogen-bond acceptors (Lipinski definition) is 4. The highest BCUT2D eigenvalue weighted by Crippen LogP contribution is 2.23. The van der Waals surface area contributed by atoms with Crippen molar-refractivity contribution in [2.75, 3.05) is 11.2 Å². The third-order valence-electron chi connectivity index (χ3n) is 3.39. The second kappa shape index (κ2) is 7.99. The quantitative estimate of drug-likeness (QED) is 0.333. The number of hydrogen-bond donors (Lipinski definition) is 3. The lowest BCUT2D eigenvalue weighted by Crippen LogP contribution is -2.40. The number of amidine groups is 1. The monoisotopic (exact) mass is 345 g/mol. The fourth-order valence-electron chi connectivity index (χ4n) is 2.20. The molecule has 0 aliphatic carbocycles. The lowest BCUT2D eigenvalue weighted by atomic mass is 10.1. The number of nitrogens with one attached hydrogen (secondary N) is 1. The van der Waals surface area contributed by atoms with Crippen LogP contribution in [0, 0.1) is 5.41 Å². The summed E-state index contributed by atoms with van der Waals surface area (Å²) in [6.45, 7) is 0. The highest BCUT2D eigenvalue weighted by molar-refractivity contribution is 7.98. The van der Waals surface area contributed by atoms with Crippen LogP contribution < -0.4 is 10.6 Å². The largest absolute Gasteiger partial charge is 0.508 e. The summed E-state index contributed by atoms with van der Waals surface area (Å²) in [7, 11) is 0. The summed E-state index contributed by atoms with van der Waals surface area (Å²) < 4.78 is 0. The number of nitrogens with zero attached hydrogens (tertiary/aromatic N) is 1. The van der Waals surface area contributed by atoms with Crippen LogP contribution in [0.25, 0.3) is 0 Å². The van der Waals surface area contributed by atoms with Crippen LogP contribution in [-0.2, 0) is 6.42 Å². The first kappa shape index (κ1) is 17.3. The molecule has 2 aromatic carbocycles. The van der Waals surface area contributed by atoms with Crippen LogP contribution >= 0.6 is 24.0 Å². The molecule has 0 heterocycles. The summed E-state index contributed by atoms with van der Waals surface area (Å²) in [5.74, 6) is 0.589. The predicted octanol–water partition coefficient (Wildman–Crippen LogP) is 3.77. The Morgan fingerprint density at radius 1 is 1.26 bits per heavy atom. The third kappa shape index (κ3) is 4.71. The van der Waals surface area contributed by atoms with Gasteiger partial charge in [-0.25, -0.2) is 0 Å². The van der Waals surface area contributed by atoms with Crippen molar-refractivity contribution in [1.82, 2.24) is 0 Å². The maximum Gasteiger partial charge on any atom is 0.176 e. The van der Waals surface area contributed by atoms with E-state index in [1.54, 1.807) is 28.8 Å². The Balaban J connectivity index is 2.12. The maximum atomic E-state index is 9.31. The molecule has 4 N–H and O–H groups in total. The Labute approximate surface area is 145 Å². The maximum absolute atomic E-state index is 9.31. The molecule has 6 heteroatoms. The Bertz CT molecular complexity index is 701. The molecule has 0 unspecified atom stereocenters. The second-order valence-electron chi connectivity index (χ2n) is 4.99. The molecular formula is C17H19N3OS2. The van der Waals surface area contributed by atoms with Crippen molar-refractivity contribution in [3.8, 4) is 5.75 Å². The molecule has 0 bridgehead atoms. The molecule has 0 aromatic heterocycles. The van der Waals surface area contributed by atoms with Gasteiger partial charge in [0.15, 0.2) is 5.11 Å². The first-order chi connectivity index (χ1) is 11.0. The minimum Gasteiger partial charge on any atom is -0.508 e. The number of nitrogens with two attached hydrogens (primary N) is 1. The molecule has 0 spiro atoms. The topological polar surface area (TPSA) is 73.3 Å². The molecule has 0 fully saturated rings. The third-order valence-corrected chi connectivity index (χ3v) is 4.30. The molecule has 23 heavy (non-hydrogen) atoms. The zero-order valence-corrected chi connectivity index (χ0v) is 14.5. The van der Waals surface area contributed by atoms with Crippen LogP contribution in [0.4, 0.5) is 5.69 Å². The summed E-state index contributed by atoms with van der Waals surface area (Å²) >= 11 is 6.76. The molecule has 4 nitrogen and oxygen atoms in total. The number of benzene rings is 2. The van der Waals surface area contributed by atoms with Gasteiger partial charge in [-0.3, -0.25) is 10.3 Å². The minimum absolute atomic E-state index is 0.166. The summed E-state index contributed by atoms with van der Waals surface area (Å²) in [4.78, 5) is 2.69. The van der Waals surface area contributed by atoms with Crippen LogP contribution in [0.2, 0.25) is 0 Å². The number of rotatable bonds is 5. The zero-order valence-electron chi connectivity index (χ0n) is 12.8. The molecule has 0 atom stereocenters. The highest BCUT2D eigenvalue weighted by Gasteiger charge is 2.15. The van der Waals surface area contributed by atoms with Crippen molar-refractivity contribution >= 4 is 40.6 Å². The van der Waals surface area contributed by atoms with Crippen molar-refractivity contribution in [2.45, 2.75) is 17.7 Å². The fraction of sp³-hybridized carbons (Fsp3) is 0.176. The molecule has 0 radical (unpaired) electrons. The SMILES string of the molecule is CSc1cccc(N(C(=N)CCc2ccc(O)cc2)C(N)=S)c1. The molecule has 0 aliphatic heterocycles. The number of thiocarbonyl (C=S) groups is 1. The van der Waals surface area contributed by atoms with E-state index in [1.165, 1.54) is 0 Å². The van der Waals surface area contributed by atoms with E-state index in [0.717, 1.165) is 16.1 Å². The number of aromatic hydroxyl groups is 1. The van der Waals surface area contributed by atoms with Gasteiger partial charge < -0.3 is 10.8 Å². The first-order valence-corrected chi connectivity index (χ1v) is 8.73. The number of aryl methyl sites for hydroxylation is 1. The van der Waals surface area contributed by atoms with Crippen LogP contribution in [-0.4, -0.2) is 22.3 Å². The normalized spacial score (nSPS) is 10.3. The predicted molar refractivity (Wildman–Crippen MR) is 102 cm³/mol. The van der Waals surface area contributed by atoms with E-state index in [2.05, 4.69) is 0 Å². The van der Waals surface area contributed by atoms with Crippen LogP contribution in [0.3, 0.4) is 0 Å². The molecule has 0 saturated carbocycles. The lowest BCUT2D eigenvalue weighted by molar-refractivity contribution is 0.475. The lowest BCUT2D eigenvalue weighted by Gasteiger charge is -2.24. The molecule has 0 saturated heterocycles. The van der Waals surface area contributed by atoms with Crippen molar-refractivity contribution < 1.29 is 5.11 Å². The smallest absolute Gasteiger partial charge is 0.176 e. The summed E-state index contributed by atoms with van der Waals surface area (Å²) in [6, 6.07) is 14.8. The van der Waals surface area contributed by atoms with E-state index in [-0.39, 0.29) is 10.9 Å². The van der Waals surface area contributed by atoms with Gasteiger partial charge in [0.05, 0.1) is 5.69 Å². The standard InChI is InChI=1S/C17H19N3OS2/c1-23-15-4-2-3-13(11-15)20(17(19)22)16(18)10-7-12-5-8-14(21)9-6-12/h2-6,8-9,11,18,21H,7,10H2,1H3,(H2,19,22). The first-order valence-electron chi connectivity index (χ1n) is 7.10. The molecule has 120 valence electrons. The zero-order chi connectivity index (χ0) is 16.8. The van der Waals surface area contributed by atoms with Gasteiger partial charge in [-0.15, -0.1) is 11.8 Å². The summed E-state index contributed by atoms with van der Waals surface area (Å²) in [6.07, 6.45) is 3.19. The van der Waals surface area contributed by atoms with E-state index in [1.807, 2.05) is 42.7 Å². The average Bonchev–Trinajstić information content (AvgIpc) is 2.54. The number of anilines is 1. The van der Waals surface area contributed by atoms with Gasteiger partial charge in [-0.2, -0.15) is 0 Å². The van der Waals surface area contributed by atoms with Crippen LogP contribution in [0.15, 0.2) is 53.4 Å². The Morgan fingerprint density at radius 2 is 1.96 bits per heavy atom. The van der Waals surface area contributed by atoms with Gasteiger partial charge in [-0.1, -0.05) is 18.2 Å². The summed E-state index contributed by atoms with van der Waals surface area (Å²) in [5, 5.41) is 17.8. The Hall–Kier alpha value is -2.05. The van der Waals surface area contributed by atoms with E-state index in [0.29, 0.717) is 18.7 Å². The van der Waals surface area contributed by atoms with E-state index >= 15 is 0 Å². The van der Waals surface area contributed by atoms with Gasteiger partial charge in [0.25, 0.3) is 0 Å². The molecule has 2 aromatic rings. The molecular weight excluding hydrogens is 326 g/mol.